The highest BCUT2D eigenvalue weighted by Gasteiger charge is 2.36. The Hall–Kier alpha value is -3.03. The molecule has 2 fully saturated rings. The number of carbonyl (C=O) groups is 2. The fourth-order valence-electron chi connectivity index (χ4n) is 4.15. The van der Waals surface area contributed by atoms with Crippen LogP contribution in [-0.4, -0.2) is 70.6 Å². The Balaban J connectivity index is 1.36. The van der Waals surface area contributed by atoms with Crippen molar-refractivity contribution in [2.75, 3.05) is 37.6 Å². The second-order valence-corrected chi connectivity index (χ2v) is 9.00. The molecule has 0 bridgehead atoms. The van der Waals surface area contributed by atoms with Gasteiger partial charge in [0, 0.05) is 43.7 Å². The number of hydrogen-bond donors (Lipinski definition) is 0. The van der Waals surface area contributed by atoms with Crippen LogP contribution in [0.1, 0.15) is 39.5 Å². The van der Waals surface area contributed by atoms with E-state index < -0.39 is 0 Å². The van der Waals surface area contributed by atoms with Crippen molar-refractivity contribution >= 4 is 17.6 Å². The molecule has 2 heterocycles. The van der Waals surface area contributed by atoms with Gasteiger partial charge in [-0.1, -0.05) is 6.92 Å². The quantitative estimate of drug-likeness (QED) is 0.643. The third kappa shape index (κ3) is 5.67. The van der Waals surface area contributed by atoms with Gasteiger partial charge >= 0.3 is 0 Å². The van der Waals surface area contributed by atoms with Gasteiger partial charge in [-0.15, -0.1) is 10.2 Å². The van der Waals surface area contributed by atoms with E-state index in [1.54, 1.807) is 17.0 Å². The van der Waals surface area contributed by atoms with Crippen molar-refractivity contribution in [2.45, 2.75) is 45.6 Å². The number of anilines is 1. The van der Waals surface area contributed by atoms with Gasteiger partial charge in [0.1, 0.15) is 5.82 Å². The first-order chi connectivity index (χ1) is 16.0. The highest BCUT2D eigenvalue weighted by atomic mass is 19.1. The standard InChI is InChI=1S/C25H32FN5O2/c1-3-18(2)31(25(33)20-5-6-20)17-24(32)30-14-4-13-29(15-16-30)23-12-11-22(27-28-23)19-7-9-21(26)10-8-19/h7-12,18,20H,3-6,13-17H2,1-2H3/t18-/m1/s1. The Morgan fingerprint density at radius 2 is 1.82 bits per heavy atom. The molecule has 2 amide bonds. The van der Waals surface area contributed by atoms with Crippen molar-refractivity contribution in [2.24, 2.45) is 5.92 Å². The van der Waals surface area contributed by atoms with E-state index in [-0.39, 0.29) is 36.1 Å². The van der Waals surface area contributed by atoms with Gasteiger partial charge in [-0.3, -0.25) is 9.59 Å². The van der Waals surface area contributed by atoms with Crippen LogP contribution in [0.5, 0.6) is 0 Å². The number of nitrogens with zero attached hydrogens (tertiary/aromatic N) is 5. The summed E-state index contributed by atoms with van der Waals surface area (Å²) in [6.07, 6.45) is 3.55. The topological polar surface area (TPSA) is 69.6 Å². The predicted octanol–water partition coefficient (Wildman–Crippen LogP) is 3.36. The third-order valence-corrected chi connectivity index (χ3v) is 6.60. The second kappa shape index (κ2) is 10.3. The van der Waals surface area contributed by atoms with Crippen LogP contribution in [0.15, 0.2) is 36.4 Å². The van der Waals surface area contributed by atoms with Gasteiger partial charge in [0.25, 0.3) is 0 Å². The zero-order valence-corrected chi connectivity index (χ0v) is 19.4. The summed E-state index contributed by atoms with van der Waals surface area (Å²) >= 11 is 0. The fraction of sp³-hybridized carbons (Fsp3) is 0.520. The van der Waals surface area contributed by atoms with Crippen LogP contribution in [0, 0.1) is 11.7 Å². The molecule has 2 aromatic rings. The van der Waals surface area contributed by atoms with Crippen molar-refractivity contribution < 1.29 is 14.0 Å². The first kappa shape index (κ1) is 23.1. The zero-order chi connectivity index (χ0) is 23.4. The molecule has 176 valence electrons. The first-order valence-corrected chi connectivity index (χ1v) is 11.9. The lowest BCUT2D eigenvalue weighted by atomic mass is 10.1. The van der Waals surface area contributed by atoms with E-state index in [0.29, 0.717) is 25.3 Å². The van der Waals surface area contributed by atoms with Crippen molar-refractivity contribution in [1.82, 2.24) is 20.0 Å². The van der Waals surface area contributed by atoms with Crippen LogP contribution < -0.4 is 4.90 Å². The molecule has 1 aliphatic carbocycles. The van der Waals surface area contributed by atoms with Crippen LogP contribution in [0.3, 0.4) is 0 Å². The minimum atomic E-state index is -0.281. The van der Waals surface area contributed by atoms with Crippen molar-refractivity contribution in [3.05, 3.63) is 42.2 Å². The van der Waals surface area contributed by atoms with Crippen LogP contribution in [-0.2, 0) is 9.59 Å². The van der Waals surface area contributed by atoms with E-state index in [1.165, 1.54) is 12.1 Å². The van der Waals surface area contributed by atoms with Gasteiger partial charge < -0.3 is 14.7 Å². The molecule has 8 heteroatoms. The summed E-state index contributed by atoms with van der Waals surface area (Å²) in [6, 6.07) is 10.1. The summed E-state index contributed by atoms with van der Waals surface area (Å²) in [7, 11) is 0. The Bertz CT molecular complexity index is 962. The van der Waals surface area contributed by atoms with Crippen LogP contribution in [0.25, 0.3) is 11.3 Å². The van der Waals surface area contributed by atoms with E-state index in [0.717, 1.165) is 43.6 Å². The molecule has 1 aromatic carbocycles. The van der Waals surface area contributed by atoms with Gasteiger partial charge in [-0.05, 0) is 69.0 Å². The van der Waals surface area contributed by atoms with Crippen LogP contribution >= 0.6 is 0 Å². The molecule has 0 unspecified atom stereocenters. The van der Waals surface area contributed by atoms with E-state index in [4.69, 9.17) is 0 Å². The summed E-state index contributed by atoms with van der Waals surface area (Å²) in [5.74, 6) is 0.744. The van der Waals surface area contributed by atoms with Crippen molar-refractivity contribution in [3.8, 4) is 11.3 Å². The highest BCUT2D eigenvalue weighted by molar-refractivity contribution is 5.87. The summed E-state index contributed by atoms with van der Waals surface area (Å²) in [5, 5.41) is 8.68. The predicted molar refractivity (Wildman–Crippen MR) is 125 cm³/mol. The highest BCUT2D eigenvalue weighted by Crippen LogP contribution is 2.32. The number of amides is 2. The third-order valence-electron chi connectivity index (χ3n) is 6.60. The van der Waals surface area contributed by atoms with Crippen LogP contribution in [0.2, 0.25) is 0 Å². The Kier molecular flexibility index (Phi) is 7.20. The average Bonchev–Trinajstić information content (AvgIpc) is 3.69. The molecule has 1 aliphatic heterocycles. The minimum absolute atomic E-state index is 0.0175. The number of halogens is 1. The van der Waals surface area contributed by atoms with E-state index in [9.17, 15) is 14.0 Å². The SMILES string of the molecule is CC[C@@H](C)N(CC(=O)N1CCCN(c2ccc(-c3ccc(F)cc3)nn2)CC1)C(=O)C1CC1. The molecule has 0 spiro atoms. The lowest BCUT2D eigenvalue weighted by Crippen LogP contribution is -2.47. The van der Waals surface area contributed by atoms with Gasteiger partial charge in [-0.25, -0.2) is 4.39 Å². The second-order valence-electron chi connectivity index (χ2n) is 9.00. The molecule has 1 saturated carbocycles. The Labute approximate surface area is 194 Å². The van der Waals surface area contributed by atoms with Gasteiger partial charge in [-0.2, -0.15) is 0 Å². The van der Waals surface area contributed by atoms with E-state index in [1.807, 2.05) is 24.0 Å². The maximum Gasteiger partial charge on any atom is 0.242 e. The molecule has 4 rings (SSSR count). The number of aromatic nitrogens is 2. The molecule has 1 aromatic heterocycles. The zero-order valence-electron chi connectivity index (χ0n) is 19.4. The Morgan fingerprint density at radius 1 is 1.06 bits per heavy atom. The molecule has 0 radical (unpaired) electrons. The maximum atomic E-state index is 13.2. The maximum absolute atomic E-state index is 13.2. The summed E-state index contributed by atoms with van der Waals surface area (Å²) in [5.41, 5.74) is 1.51. The fourth-order valence-corrected chi connectivity index (χ4v) is 4.15. The van der Waals surface area contributed by atoms with Crippen LogP contribution in [0.4, 0.5) is 10.2 Å². The molecule has 7 nitrogen and oxygen atoms in total. The molecule has 0 N–H and O–H groups in total. The minimum Gasteiger partial charge on any atom is -0.353 e. The first-order valence-electron chi connectivity index (χ1n) is 11.9. The number of carbonyl (C=O) groups excluding carboxylic acids is 2. The van der Waals surface area contributed by atoms with Crippen molar-refractivity contribution in [3.63, 3.8) is 0 Å². The van der Waals surface area contributed by atoms with E-state index >= 15 is 0 Å². The van der Waals surface area contributed by atoms with Gasteiger partial charge in [0.15, 0.2) is 5.82 Å². The van der Waals surface area contributed by atoms with Crippen molar-refractivity contribution in [1.29, 1.82) is 0 Å². The summed E-state index contributed by atoms with van der Waals surface area (Å²) in [6.45, 7) is 6.94. The molecular weight excluding hydrogens is 421 g/mol. The Morgan fingerprint density at radius 3 is 2.45 bits per heavy atom. The number of rotatable bonds is 7. The average molecular weight is 454 g/mol. The summed E-state index contributed by atoms with van der Waals surface area (Å²) in [4.78, 5) is 31.5. The van der Waals surface area contributed by atoms with E-state index in [2.05, 4.69) is 22.0 Å². The molecule has 1 atom stereocenters. The van der Waals surface area contributed by atoms with Gasteiger partial charge in [0.05, 0.1) is 12.2 Å². The molecule has 33 heavy (non-hydrogen) atoms. The lowest BCUT2D eigenvalue weighted by molar-refractivity contribution is -0.143. The number of hydrogen-bond acceptors (Lipinski definition) is 5. The normalized spacial score (nSPS) is 17.4. The number of benzene rings is 1. The lowest BCUT2D eigenvalue weighted by Gasteiger charge is -2.31. The monoisotopic (exact) mass is 453 g/mol. The molecular formula is C25H32FN5O2. The summed E-state index contributed by atoms with van der Waals surface area (Å²) < 4.78 is 13.2. The molecule has 2 aliphatic rings. The van der Waals surface area contributed by atoms with Gasteiger partial charge in [0.2, 0.25) is 11.8 Å². The largest absolute Gasteiger partial charge is 0.353 e. The molecule has 1 saturated heterocycles. The smallest absolute Gasteiger partial charge is 0.242 e.